The lowest BCUT2D eigenvalue weighted by atomic mass is 9.84. The SMILES string of the molecule is Cc1ccc(C)c(C(C)(O)c2cc(C)ccc2F)c1. The van der Waals surface area contributed by atoms with Crippen molar-refractivity contribution >= 4 is 0 Å². The van der Waals surface area contributed by atoms with Gasteiger partial charge in [0.2, 0.25) is 0 Å². The Morgan fingerprint density at radius 1 is 0.895 bits per heavy atom. The largest absolute Gasteiger partial charge is 0.381 e. The van der Waals surface area contributed by atoms with E-state index < -0.39 is 5.60 Å². The summed E-state index contributed by atoms with van der Waals surface area (Å²) in [6, 6.07) is 10.7. The molecular formula is C17H19FO. The fraction of sp³-hybridized carbons (Fsp3) is 0.294. The lowest BCUT2D eigenvalue weighted by Crippen LogP contribution is -2.25. The molecule has 1 atom stereocenters. The second-order valence-electron chi connectivity index (χ2n) is 5.37. The van der Waals surface area contributed by atoms with E-state index >= 15 is 0 Å². The van der Waals surface area contributed by atoms with Gasteiger partial charge in [-0.1, -0.05) is 35.4 Å². The lowest BCUT2D eigenvalue weighted by Gasteiger charge is -2.27. The molecular weight excluding hydrogens is 239 g/mol. The Bertz CT molecular complexity index is 561. The molecule has 0 saturated heterocycles. The predicted octanol–water partition coefficient (Wildman–Crippen LogP) is 4.01. The van der Waals surface area contributed by atoms with Crippen LogP contribution in [0.5, 0.6) is 0 Å². The third kappa shape index (κ3) is 2.54. The Balaban J connectivity index is 2.64. The number of hydrogen-bond donors (Lipinski definition) is 1. The molecule has 2 aromatic carbocycles. The zero-order chi connectivity index (χ0) is 14.2. The molecule has 0 aliphatic rings. The smallest absolute Gasteiger partial charge is 0.129 e. The summed E-state index contributed by atoms with van der Waals surface area (Å²) in [7, 11) is 0. The van der Waals surface area contributed by atoms with Crippen LogP contribution in [0, 0.1) is 26.6 Å². The maximum atomic E-state index is 14.0. The maximum Gasteiger partial charge on any atom is 0.129 e. The third-order valence-electron chi connectivity index (χ3n) is 3.56. The Morgan fingerprint density at radius 3 is 2.05 bits per heavy atom. The molecule has 2 heteroatoms. The maximum absolute atomic E-state index is 14.0. The minimum Gasteiger partial charge on any atom is -0.381 e. The minimum atomic E-state index is -1.33. The van der Waals surface area contributed by atoms with Crippen molar-refractivity contribution in [3.05, 3.63) is 70.0 Å². The summed E-state index contributed by atoms with van der Waals surface area (Å²) in [4.78, 5) is 0. The van der Waals surface area contributed by atoms with E-state index in [1.54, 1.807) is 19.1 Å². The number of hydrogen-bond acceptors (Lipinski definition) is 1. The van der Waals surface area contributed by atoms with Crippen molar-refractivity contribution in [2.75, 3.05) is 0 Å². The van der Waals surface area contributed by atoms with Crippen LogP contribution in [0.15, 0.2) is 36.4 Å². The Labute approximate surface area is 113 Å². The van der Waals surface area contributed by atoms with Crippen LogP contribution in [-0.2, 0) is 5.60 Å². The highest BCUT2D eigenvalue weighted by Gasteiger charge is 2.30. The molecule has 0 heterocycles. The van der Waals surface area contributed by atoms with Gasteiger partial charge in [0.1, 0.15) is 11.4 Å². The fourth-order valence-corrected chi connectivity index (χ4v) is 2.42. The number of halogens is 1. The Kier molecular flexibility index (Phi) is 3.46. The van der Waals surface area contributed by atoms with E-state index in [0.29, 0.717) is 5.56 Å². The van der Waals surface area contributed by atoms with Crippen molar-refractivity contribution in [3.8, 4) is 0 Å². The van der Waals surface area contributed by atoms with Gasteiger partial charge in [-0.05, 0) is 51.0 Å². The van der Waals surface area contributed by atoms with E-state index in [9.17, 15) is 9.50 Å². The van der Waals surface area contributed by atoms with Gasteiger partial charge in [-0.25, -0.2) is 4.39 Å². The van der Waals surface area contributed by atoms with Crippen molar-refractivity contribution in [1.29, 1.82) is 0 Å². The Morgan fingerprint density at radius 2 is 1.42 bits per heavy atom. The topological polar surface area (TPSA) is 20.2 Å². The standard InChI is InChI=1S/C17H19FO/c1-11-5-7-13(3)14(9-11)17(4,19)15-10-12(2)6-8-16(15)18/h5-10,19H,1-4H3. The zero-order valence-electron chi connectivity index (χ0n) is 11.8. The third-order valence-corrected chi connectivity index (χ3v) is 3.56. The van der Waals surface area contributed by atoms with Gasteiger partial charge in [0.15, 0.2) is 0 Å². The number of benzene rings is 2. The first-order valence-corrected chi connectivity index (χ1v) is 6.39. The van der Waals surface area contributed by atoms with Gasteiger partial charge < -0.3 is 5.11 Å². The molecule has 19 heavy (non-hydrogen) atoms. The molecule has 0 saturated carbocycles. The van der Waals surface area contributed by atoms with E-state index in [1.165, 1.54) is 6.07 Å². The molecule has 2 aromatic rings. The van der Waals surface area contributed by atoms with Crippen LogP contribution < -0.4 is 0 Å². The fourth-order valence-electron chi connectivity index (χ4n) is 2.42. The number of aryl methyl sites for hydroxylation is 3. The molecule has 0 aromatic heterocycles. The van der Waals surface area contributed by atoms with Gasteiger partial charge in [0.25, 0.3) is 0 Å². The van der Waals surface area contributed by atoms with Gasteiger partial charge in [-0.15, -0.1) is 0 Å². The number of rotatable bonds is 2. The highest BCUT2D eigenvalue weighted by molar-refractivity contribution is 5.43. The second kappa shape index (κ2) is 4.78. The van der Waals surface area contributed by atoms with Crippen LogP contribution in [0.3, 0.4) is 0 Å². The molecule has 1 nitrogen and oxygen atoms in total. The van der Waals surface area contributed by atoms with E-state index in [1.807, 2.05) is 39.0 Å². The summed E-state index contributed by atoms with van der Waals surface area (Å²) in [6.45, 7) is 7.43. The molecule has 1 N–H and O–H groups in total. The molecule has 0 aliphatic heterocycles. The molecule has 0 fully saturated rings. The van der Waals surface area contributed by atoms with Crippen molar-refractivity contribution in [2.45, 2.75) is 33.3 Å². The molecule has 1 unspecified atom stereocenters. The quantitative estimate of drug-likeness (QED) is 0.863. The van der Waals surface area contributed by atoms with Crippen LogP contribution in [0.4, 0.5) is 4.39 Å². The minimum absolute atomic E-state index is 0.321. The van der Waals surface area contributed by atoms with Gasteiger partial charge in [-0.2, -0.15) is 0 Å². The summed E-state index contributed by atoms with van der Waals surface area (Å²) in [6.07, 6.45) is 0. The summed E-state index contributed by atoms with van der Waals surface area (Å²) < 4.78 is 14.0. The second-order valence-corrected chi connectivity index (χ2v) is 5.37. The van der Waals surface area contributed by atoms with Crippen molar-refractivity contribution in [3.63, 3.8) is 0 Å². The van der Waals surface area contributed by atoms with Crippen molar-refractivity contribution in [2.24, 2.45) is 0 Å². The molecule has 0 amide bonds. The van der Waals surface area contributed by atoms with E-state index in [2.05, 4.69) is 0 Å². The molecule has 0 spiro atoms. The highest BCUT2D eigenvalue weighted by Crippen LogP contribution is 2.33. The van der Waals surface area contributed by atoms with Crippen LogP contribution in [0.2, 0.25) is 0 Å². The van der Waals surface area contributed by atoms with Gasteiger partial charge in [0.05, 0.1) is 0 Å². The number of aliphatic hydroxyl groups is 1. The van der Waals surface area contributed by atoms with E-state index in [-0.39, 0.29) is 5.82 Å². The predicted molar refractivity (Wildman–Crippen MR) is 75.7 cm³/mol. The summed E-state index contributed by atoms with van der Waals surface area (Å²) in [5.74, 6) is -0.378. The monoisotopic (exact) mass is 258 g/mol. The average molecular weight is 258 g/mol. The van der Waals surface area contributed by atoms with Gasteiger partial charge in [0, 0.05) is 5.56 Å². The van der Waals surface area contributed by atoms with Gasteiger partial charge in [-0.3, -0.25) is 0 Å². The normalized spacial score (nSPS) is 14.2. The first-order chi connectivity index (χ1) is 8.82. The van der Waals surface area contributed by atoms with Crippen LogP contribution >= 0.6 is 0 Å². The summed E-state index contributed by atoms with van der Waals surface area (Å²) in [5.41, 5.74) is 2.68. The average Bonchev–Trinajstić information content (AvgIpc) is 2.35. The first kappa shape index (κ1) is 13.8. The molecule has 100 valence electrons. The van der Waals surface area contributed by atoms with Crippen LogP contribution in [0.25, 0.3) is 0 Å². The molecule has 2 rings (SSSR count). The Hall–Kier alpha value is -1.67. The summed E-state index contributed by atoms with van der Waals surface area (Å²) in [5, 5.41) is 10.8. The van der Waals surface area contributed by atoms with Gasteiger partial charge >= 0.3 is 0 Å². The van der Waals surface area contributed by atoms with Crippen molar-refractivity contribution < 1.29 is 9.50 Å². The van der Waals surface area contributed by atoms with Crippen LogP contribution in [0.1, 0.15) is 34.7 Å². The highest BCUT2D eigenvalue weighted by atomic mass is 19.1. The molecule has 0 radical (unpaired) electrons. The van der Waals surface area contributed by atoms with E-state index in [4.69, 9.17) is 0 Å². The first-order valence-electron chi connectivity index (χ1n) is 6.39. The van der Waals surface area contributed by atoms with Crippen molar-refractivity contribution in [1.82, 2.24) is 0 Å². The molecule has 0 bridgehead atoms. The molecule has 0 aliphatic carbocycles. The lowest BCUT2D eigenvalue weighted by molar-refractivity contribution is 0.0971. The summed E-state index contributed by atoms with van der Waals surface area (Å²) >= 11 is 0. The zero-order valence-corrected chi connectivity index (χ0v) is 11.8. The van der Waals surface area contributed by atoms with Crippen LogP contribution in [-0.4, -0.2) is 5.11 Å². The van der Waals surface area contributed by atoms with E-state index in [0.717, 1.165) is 22.3 Å².